The molecule has 0 spiro atoms. The van der Waals surface area contributed by atoms with Crippen molar-refractivity contribution in [1.29, 1.82) is 0 Å². The molecule has 0 unspecified atom stereocenters. The van der Waals surface area contributed by atoms with Crippen molar-refractivity contribution in [2.75, 3.05) is 6.61 Å². The van der Waals surface area contributed by atoms with Crippen LogP contribution in [0.15, 0.2) is 24.4 Å². The number of halogens is 1. The molecule has 0 radical (unpaired) electrons. The van der Waals surface area contributed by atoms with Crippen molar-refractivity contribution in [1.82, 2.24) is 4.98 Å². The van der Waals surface area contributed by atoms with Gasteiger partial charge in [0.05, 0.1) is 6.61 Å². The van der Waals surface area contributed by atoms with Crippen LogP contribution in [0.25, 0.3) is 10.9 Å². The van der Waals surface area contributed by atoms with Crippen molar-refractivity contribution < 1.29 is 9.53 Å². The van der Waals surface area contributed by atoms with Crippen molar-refractivity contribution >= 4 is 29.0 Å². The molecule has 1 aromatic carbocycles. The van der Waals surface area contributed by atoms with E-state index in [9.17, 15) is 4.79 Å². The van der Waals surface area contributed by atoms with Crippen molar-refractivity contribution in [2.45, 2.75) is 6.42 Å². The molecule has 2 rings (SSSR count). The maximum Gasteiger partial charge on any atom is 0.293 e. The van der Waals surface area contributed by atoms with Crippen molar-refractivity contribution in [3.63, 3.8) is 0 Å². The maximum atomic E-state index is 10.00. The van der Waals surface area contributed by atoms with Gasteiger partial charge in [0.25, 0.3) is 6.47 Å². The monoisotopic (exact) mass is 223 g/mol. The second-order valence-corrected chi connectivity index (χ2v) is 3.66. The molecule has 0 amide bonds. The number of carbonyl (C=O) groups is 1. The van der Waals surface area contributed by atoms with Gasteiger partial charge in [0.15, 0.2) is 0 Å². The Morgan fingerprint density at radius 1 is 1.47 bits per heavy atom. The first kappa shape index (κ1) is 10.1. The second kappa shape index (κ2) is 4.36. The minimum Gasteiger partial charge on any atom is -0.468 e. The lowest BCUT2D eigenvalue weighted by atomic mass is 10.1. The minimum atomic E-state index is 0.392. The first-order chi connectivity index (χ1) is 7.31. The number of carbonyl (C=O) groups excluding carboxylic acids is 1. The van der Waals surface area contributed by atoms with Crippen molar-refractivity contribution in [3.8, 4) is 0 Å². The lowest BCUT2D eigenvalue weighted by Crippen LogP contribution is -1.95. The molecular weight excluding hydrogens is 214 g/mol. The van der Waals surface area contributed by atoms with Gasteiger partial charge in [-0.15, -0.1) is 0 Å². The third-order valence-corrected chi connectivity index (χ3v) is 2.52. The van der Waals surface area contributed by atoms with Crippen LogP contribution in [0.4, 0.5) is 0 Å². The lowest BCUT2D eigenvalue weighted by Gasteiger charge is -1.98. The zero-order valence-electron chi connectivity index (χ0n) is 8.00. The average Bonchev–Trinajstić information content (AvgIpc) is 2.62. The highest BCUT2D eigenvalue weighted by Crippen LogP contribution is 2.22. The fraction of sp³-hybridized carbons (Fsp3) is 0.182. The molecular formula is C11H10ClNO2. The van der Waals surface area contributed by atoms with Gasteiger partial charge in [-0.05, 0) is 23.8 Å². The minimum absolute atomic E-state index is 0.392. The summed E-state index contributed by atoms with van der Waals surface area (Å²) >= 11 is 5.91. The van der Waals surface area contributed by atoms with Crippen LogP contribution < -0.4 is 0 Å². The van der Waals surface area contributed by atoms with Gasteiger partial charge < -0.3 is 9.72 Å². The SMILES string of the molecule is O=COCCc1c[nH]c2ccc(Cl)cc12. The van der Waals surface area contributed by atoms with E-state index >= 15 is 0 Å². The van der Waals surface area contributed by atoms with E-state index in [4.69, 9.17) is 11.6 Å². The van der Waals surface area contributed by atoms with Crippen molar-refractivity contribution in [2.24, 2.45) is 0 Å². The molecule has 1 aromatic heterocycles. The van der Waals surface area contributed by atoms with Crippen LogP contribution >= 0.6 is 11.6 Å². The molecule has 4 heteroatoms. The third kappa shape index (κ3) is 2.13. The van der Waals surface area contributed by atoms with Crippen LogP contribution in [0.2, 0.25) is 5.02 Å². The number of hydrogen-bond donors (Lipinski definition) is 1. The van der Waals surface area contributed by atoms with Gasteiger partial charge in [0, 0.05) is 28.5 Å². The van der Waals surface area contributed by atoms with E-state index in [0.717, 1.165) is 16.5 Å². The van der Waals surface area contributed by atoms with Crippen LogP contribution in [0.3, 0.4) is 0 Å². The Hall–Kier alpha value is -1.48. The van der Waals surface area contributed by atoms with Gasteiger partial charge >= 0.3 is 0 Å². The second-order valence-electron chi connectivity index (χ2n) is 3.22. The van der Waals surface area contributed by atoms with Gasteiger partial charge in [-0.1, -0.05) is 11.6 Å². The summed E-state index contributed by atoms with van der Waals surface area (Å²) < 4.78 is 4.66. The summed E-state index contributed by atoms with van der Waals surface area (Å²) in [5.74, 6) is 0. The molecule has 1 N–H and O–H groups in total. The summed E-state index contributed by atoms with van der Waals surface area (Å²) in [6.45, 7) is 0.852. The van der Waals surface area contributed by atoms with E-state index in [0.29, 0.717) is 24.5 Å². The standard InChI is InChI=1S/C11H10ClNO2/c12-9-1-2-11-10(5-9)8(6-13-11)3-4-15-7-14/h1-2,5-7,13H,3-4H2. The van der Waals surface area contributed by atoms with E-state index in [1.165, 1.54) is 0 Å². The number of aromatic nitrogens is 1. The molecule has 1 heterocycles. The first-order valence-corrected chi connectivity index (χ1v) is 5.00. The van der Waals surface area contributed by atoms with E-state index in [1.807, 2.05) is 24.4 Å². The van der Waals surface area contributed by atoms with Crippen LogP contribution in [0, 0.1) is 0 Å². The van der Waals surface area contributed by atoms with Gasteiger partial charge in [0.1, 0.15) is 0 Å². The summed E-state index contributed by atoms with van der Waals surface area (Å²) in [5, 5.41) is 1.79. The molecule has 0 aliphatic carbocycles. The number of hydrogen-bond acceptors (Lipinski definition) is 2. The number of ether oxygens (including phenoxy) is 1. The molecule has 0 saturated heterocycles. The smallest absolute Gasteiger partial charge is 0.293 e. The largest absolute Gasteiger partial charge is 0.468 e. The fourth-order valence-electron chi connectivity index (χ4n) is 1.57. The molecule has 2 aromatic rings. The molecule has 0 bridgehead atoms. The van der Waals surface area contributed by atoms with Crippen LogP contribution in [0.5, 0.6) is 0 Å². The third-order valence-electron chi connectivity index (χ3n) is 2.29. The van der Waals surface area contributed by atoms with Crippen LogP contribution in [-0.2, 0) is 16.0 Å². The normalized spacial score (nSPS) is 10.5. The summed E-state index contributed by atoms with van der Waals surface area (Å²) in [7, 11) is 0. The quantitative estimate of drug-likeness (QED) is 0.639. The number of benzene rings is 1. The van der Waals surface area contributed by atoms with Crippen molar-refractivity contribution in [3.05, 3.63) is 35.0 Å². The first-order valence-electron chi connectivity index (χ1n) is 4.62. The molecule has 0 atom stereocenters. The molecule has 0 aliphatic rings. The average molecular weight is 224 g/mol. The number of H-pyrrole nitrogens is 1. The van der Waals surface area contributed by atoms with E-state index in [1.54, 1.807) is 0 Å². The molecule has 0 saturated carbocycles. The van der Waals surface area contributed by atoms with Gasteiger partial charge in [-0.3, -0.25) is 4.79 Å². The van der Waals surface area contributed by atoms with Crippen LogP contribution in [0.1, 0.15) is 5.56 Å². The summed E-state index contributed by atoms with van der Waals surface area (Å²) in [4.78, 5) is 13.1. The lowest BCUT2D eigenvalue weighted by molar-refractivity contribution is -0.128. The summed E-state index contributed by atoms with van der Waals surface area (Å²) in [5.41, 5.74) is 2.15. The Balaban J connectivity index is 2.27. The molecule has 3 nitrogen and oxygen atoms in total. The Morgan fingerprint density at radius 3 is 3.13 bits per heavy atom. The molecule has 78 valence electrons. The van der Waals surface area contributed by atoms with Gasteiger partial charge in [-0.2, -0.15) is 0 Å². The van der Waals surface area contributed by atoms with Gasteiger partial charge in [0.2, 0.25) is 0 Å². The number of fused-ring (bicyclic) bond motifs is 1. The zero-order chi connectivity index (χ0) is 10.7. The fourth-order valence-corrected chi connectivity index (χ4v) is 1.75. The molecule has 0 aliphatic heterocycles. The maximum absolute atomic E-state index is 10.00. The topological polar surface area (TPSA) is 42.1 Å². The number of aromatic amines is 1. The Kier molecular flexibility index (Phi) is 2.92. The Labute approximate surface area is 92.0 Å². The van der Waals surface area contributed by atoms with E-state index < -0.39 is 0 Å². The summed E-state index contributed by atoms with van der Waals surface area (Å²) in [6, 6.07) is 5.68. The molecule has 0 fully saturated rings. The highest BCUT2D eigenvalue weighted by molar-refractivity contribution is 6.31. The summed E-state index contributed by atoms with van der Waals surface area (Å²) in [6.07, 6.45) is 2.61. The number of nitrogens with one attached hydrogen (secondary N) is 1. The Bertz CT molecular complexity index is 478. The molecule has 15 heavy (non-hydrogen) atoms. The number of rotatable bonds is 4. The highest BCUT2D eigenvalue weighted by Gasteiger charge is 2.03. The predicted molar refractivity (Wildman–Crippen MR) is 59.0 cm³/mol. The highest BCUT2D eigenvalue weighted by atomic mass is 35.5. The zero-order valence-corrected chi connectivity index (χ0v) is 8.75. The van der Waals surface area contributed by atoms with Gasteiger partial charge in [-0.25, -0.2) is 0 Å². The van der Waals surface area contributed by atoms with E-state index in [2.05, 4.69) is 9.72 Å². The van der Waals surface area contributed by atoms with E-state index in [-0.39, 0.29) is 0 Å². The van der Waals surface area contributed by atoms with Crippen LogP contribution in [-0.4, -0.2) is 18.1 Å². The Morgan fingerprint density at radius 2 is 2.33 bits per heavy atom. The predicted octanol–water partition coefficient (Wildman–Crippen LogP) is 2.54.